The molecule has 0 amide bonds. The van der Waals surface area contributed by atoms with E-state index in [9.17, 15) is 9.90 Å². The van der Waals surface area contributed by atoms with Crippen molar-refractivity contribution in [2.24, 2.45) is 11.8 Å². The molecule has 0 spiro atoms. The molecule has 0 radical (unpaired) electrons. The molecule has 1 N–H and O–H groups in total. The molecule has 106 valence electrons. The Kier molecular flexibility index (Phi) is 4.34. The maximum Gasteiger partial charge on any atom is 0.308 e. The summed E-state index contributed by atoms with van der Waals surface area (Å²) in [6.07, 6.45) is 5.20. The lowest BCUT2D eigenvalue weighted by Gasteiger charge is -2.14. The van der Waals surface area contributed by atoms with E-state index in [-0.39, 0.29) is 12.5 Å². The fourth-order valence-corrected chi connectivity index (χ4v) is 1.96. The molecule has 0 aliphatic rings. The van der Waals surface area contributed by atoms with E-state index < -0.39 is 11.9 Å². The Morgan fingerprint density at radius 1 is 1.40 bits per heavy atom. The molecule has 0 bridgehead atoms. The number of nitrogens with zero attached hydrogens (tertiary/aromatic N) is 6. The summed E-state index contributed by atoms with van der Waals surface area (Å²) in [6, 6.07) is 0. The third-order valence-corrected chi connectivity index (χ3v) is 2.82. The first kappa shape index (κ1) is 14.0. The third kappa shape index (κ3) is 3.34. The predicted octanol–water partition coefficient (Wildman–Crippen LogP) is 0.877. The van der Waals surface area contributed by atoms with Crippen molar-refractivity contribution < 1.29 is 9.90 Å². The van der Waals surface area contributed by atoms with Crippen LogP contribution in [0.3, 0.4) is 0 Å². The number of carboxylic acids is 1. The van der Waals surface area contributed by atoms with Gasteiger partial charge in [-0.1, -0.05) is 13.8 Å². The Balaban J connectivity index is 2.22. The van der Waals surface area contributed by atoms with E-state index >= 15 is 0 Å². The molecule has 0 saturated carbocycles. The second-order valence-electron chi connectivity index (χ2n) is 4.94. The molecule has 2 aromatic rings. The van der Waals surface area contributed by atoms with Gasteiger partial charge in [-0.2, -0.15) is 0 Å². The van der Waals surface area contributed by atoms with E-state index in [2.05, 4.69) is 25.5 Å². The van der Waals surface area contributed by atoms with Gasteiger partial charge >= 0.3 is 5.97 Å². The minimum atomic E-state index is -0.848. The highest BCUT2D eigenvalue weighted by Crippen LogP contribution is 2.17. The van der Waals surface area contributed by atoms with Crippen LogP contribution in [0.2, 0.25) is 0 Å². The molecule has 20 heavy (non-hydrogen) atoms. The predicted molar refractivity (Wildman–Crippen MR) is 69.4 cm³/mol. The zero-order valence-electron chi connectivity index (χ0n) is 11.3. The smallest absolute Gasteiger partial charge is 0.308 e. The third-order valence-electron chi connectivity index (χ3n) is 2.82. The monoisotopic (exact) mass is 276 g/mol. The molecular weight excluding hydrogens is 260 g/mol. The number of hydrogen-bond donors (Lipinski definition) is 1. The standard InChI is InChI=1S/C12H16N6O2/c1-8(2)5-9(12(19)20)7-18-11(15-16-17-18)10-6-13-3-4-14-10/h3-4,6,8-9H,5,7H2,1-2H3,(H,19,20). The number of tetrazole rings is 1. The van der Waals surface area contributed by atoms with Gasteiger partial charge in [-0.15, -0.1) is 5.10 Å². The normalized spacial score (nSPS) is 12.6. The van der Waals surface area contributed by atoms with Crippen molar-refractivity contribution >= 4 is 5.97 Å². The summed E-state index contributed by atoms with van der Waals surface area (Å²) in [5.41, 5.74) is 0.520. The highest BCUT2D eigenvalue weighted by Gasteiger charge is 2.22. The van der Waals surface area contributed by atoms with Gasteiger partial charge in [0.1, 0.15) is 5.69 Å². The van der Waals surface area contributed by atoms with E-state index in [1.807, 2.05) is 13.8 Å². The minimum absolute atomic E-state index is 0.215. The Morgan fingerprint density at radius 2 is 2.20 bits per heavy atom. The van der Waals surface area contributed by atoms with Crippen LogP contribution >= 0.6 is 0 Å². The maximum absolute atomic E-state index is 11.3. The Bertz CT molecular complexity index is 568. The SMILES string of the molecule is CC(C)CC(Cn1nnnc1-c1cnccn1)C(=O)O. The summed E-state index contributed by atoms with van der Waals surface area (Å²) in [5, 5.41) is 20.6. The summed E-state index contributed by atoms with van der Waals surface area (Å²) in [6.45, 7) is 4.19. The Labute approximate surface area is 115 Å². The number of rotatable bonds is 6. The molecule has 1 unspecified atom stereocenters. The fraction of sp³-hybridized carbons (Fsp3) is 0.500. The van der Waals surface area contributed by atoms with E-state index in [1.165, 1.54) is 10.9 Å². The van der Waals surface area contributed by atoms with Gasteiger partial charge in [0, 0.05) is 12.4 Å². The Morgan fingerprint density at radius 3 is 2.80 bits per heavy atom. The van der Waals surface area contributed by atoms with Crippen LogP contribution in [0.15, 0.2) is 18.6 Å². The van der Waals surface area contributed by atoms with Crippen molar-refractivity contribution in [1.82, 2.24) is 30.2 Å². The number of carboxylic acid groups (broad SMARTS) is 1. The van der Waals surface area contributed by atoms with Crippen LogP contribution in [0.1, 0.15) is 20.3 Å². The van der Waals surface area contributed by atoms with E-state index in [0.29, 0.717) is 17.9 Å². The average Bonchev–Trinajstić information content (AvgIpc) is 2.86. The molecule has 2 rings (SSSR count). The molecule has 8 nitrogen and oxygen atoms in total. The van der Waals surface area contributed by atoms with Crippen LogP contribution in [0, 0.1) is 11.8 Å². The van der Waals surface area contributed by atoms with Crippen molar-refractivity contribution in [2.75, 3.05) is 0 Å². The first-order chi connectivity index (χ1) is 9.58. The van der Waals surface area contributed by atoms with Crippen molar-refractivity contribution in [3.05, 3.63) is 18.6 Å². The number of hydrogen-bond acceptors (Lipinski definition) is 6. The highest BCUT2D eigenvalue weighted by atomic mass is 16.4. The molecule has 0 aromatic carbocycles. The first-order valence-corrected chi connectivity index (χ1v) is 6.33. The Hall–Kier alpha value is -2.38. The van der Waals surface area contributed by atoms with Crippen molar-refractivity contribution in [3.63, 3.8) is 0 Å². The van der Waals surface area contributed by atoms with E-state index in [4.69, 9.17) is 0 Å². The molecule has 0 saturated heterocycles. The molecule has 2 heterocycles. The van der Waals surface area contributed by atoms with Gasteiger partial charge in [0.15, 0.2) is 0 Å². The van der Waals surface area contributed by atoms with Crippen molar-refractivity contribution in [2.45, 2.75) is 26.8 Å². The van der Waals surface area contributed by atoms with Crippen LogP contribution in [0.25, 0.3) is 11.5 Å². The van der Waals surface area contributed by atoms with Gasteiger partial charge in [0.2, 0.25) is 5.82 Å². The quantitative estimate of drug-likeness (QED) is 0.834. The number of carbonyl (C=O) groups is 1. The van der Waals surface area contributed by atoms with Crippen molar-refractivity contribution in [3.8, 4) is 11.5 Å². The second-order valence-corrected chi connectivity index (χ2v) is 4.94. The van der Waals surface area contributed by atoms with Crippen LogP contribution in [-0.4, -0.2) is 41.3 Å². The van der Waals surface area contributed by atoms with Gasteiger partial charge in [-0.3, -0.25) is 9.78 Å². The van der Waals surface area contributed by atoms with E-state index in [0.717, 1.165) is 0 Å². The summed E-state index contributed by atoms with van der Waals surface area (Å²) in [5.74, 6) is -0.672. The highest BCUT2D eigenvalue weighted by molar-refractivity contribution is 5.70. The molecular formula is C12H16N6O2. The molecule has 0 aliphatic carbocycles. The van der Waals surface area contributed by atoms with Gasteiger partial charge in [-0.25, -0.2) is 9.67 Å². The summed E-state index contributed by atoms with van der Waals surface area (Å²) in [7, 11) is 0. The second kappa shape index (κ2) is 6.18. The number of aliphatic carboxylic acids is 1. The topological polar surface area (TPSA) is 107 Å². The lowest BCUT2D eigenvalue weighted by atomic mass is 9.97. The molecule has 2 aromatic heterocycles. The van der Waals surface area contributed by atoms with Crippen molar-refractivity contribution in [1.29, 1.82) is 0 Å². The molecule has 0 aliphatic heterocycles. The van der Waals surface area contributed by atoms with Crippen LogP contribution in [0.5, 0.6) is 0 Å². The van der Waals surface area contributed by atoms with E-state index in [1.54, 1.807) is 12.4 Å². The summed E-state index contributed by atoms with van der Waals surface area (Å²) < 4.78 is 1.46. The molecule has 0 fully saturated rings. The van der Waals surface area contributed by atoms with Gasteiger partial charge in [-0.05, 0) is 22.8 Å². The lowest BCUT2D eigenvalue weighted by Crippen LogP contribution is -2.23. The number of aromatic nitrogens is 6. The molecule has 8 heteroatoms. The zero-order valence-corrected chi connectivity index (χ0v) is 11.3. The minimum Gasteiger partial charge on any atom is -0.481 e. The average molecular weight is 276 g/mol. The van der Waals surface area contributed by atoms with Crippen LogP contribution in [-0.2, 0) is 11.3 Å². The van der Waals surface area contributed by atoms with Gasteiger partial charge in [0.25, 0.3) is 0 Å². The lowest BCUT2D eigenvalue weighted by molar-refractivity contribution is -0.142. The summed E-state index contributed by atoms with van der Waals surface area (Å²) in [4.78, 5) is 19.4. The fourth-order valence-electron chi connectivity index (χ4n) is 1.96. The van der Waals surface area contributed by atoms with Gasteiger partial charge < -0.3 is 5.11 Å². The maximum atomic E-state index is 11.3. The summed E-state index contributed by atoms with van der Waals surface area (Å²) >= 11 is 0. The first-order valence-electron chi connectivity index (χ1n) is 6.33. The van der Waals surface area contributed by atoms with Crippen LogP contribution in [0.4, 0.5) is 0 Å². The van der Waals surface area contributed by atoms with Gasteiger partial charge in [0.05, 0.1) is 18.7 Å². The van der Waals surface area contributed by atoms with Crippen LogP contribution < -0.4 is 0 Å². The molecule has 1 atom stereocenters. The largest absolute Gasteiger partial charge is 0.481 e. The zero-order chi connectivity index (χ0) is 14.5.